The molecule has 2 atom stereocenters. The van der Waals surface area contributed by atoms with Gasteiger partial charge in [-0.05, 0) is 60.4 Å². The van der Waals surface area contributed by atoms with E-state index < -0.39 is 10.8 Å². The van der Waals surface area contributed by atoms with Gasteiger partial charge in [0.05, 0.1) is 0 Å². The number of hydrogen-bond donors (Lipinski definition) is 0. The molecule has 2 unspecified atom stereocenters. The van der Waals surface area contributed by atoms with E-state index in [4.69, 9.17) is 0 Å². The van der Waals surface area contributed by atoms with Crippen LogP contribution >= 0.6 is 0 Å². The maximum absolute atomic E-state index is 13.0. The van der Waals surface area contributed by atoms with Crippen molar-refractivity contribution in [1.29, 1.82) is 0 Å². The standard InChI is InChI=1S/C21H20O2S/c22-21(16-11-17-6-7-18(12-16)24(17)23)14-5-8-20-15(10-14)9-13-3-1-2-4-19(13)20/h1-5,8,10,16-18H,6-7,9,11-12H2. The highest BCUT2D eigenvalue weighted by Crippen LogP contribution is 2.41. The van der Waals surface area contributed by atoms with Crippen LogP contribution in [0, 0.1) is 5.92 Å². The number of ketones is 1. The lowest BCUT2D eigenvalue weighted by Gasteiger charge is -2.26. The fourth-order valence-corrected chi connectivity index (χ4v) is 6.91. The zero-order chi connectivity index (χ0) is 16.3. The summed E-state index contributed by atoms with van der Waals surface area (Å²) in [5.41, 5.74) is 6.04. The van der Waals surface area contributed by atoms with Gasteiger partial charge in [-0.25, -0.2) is 0 Å². The zero-order valence-electron chi connectivity index (χ0n) is 13.5. The molecule has 122 valence electrons. The summed E-state index contributed by atoms with van der Waals surface area (Å²) in [6.45, 7) is 0. The fourth-order valence-electron chi connectivity index (χ4n) is 4.78. The highest BCUT2D eigenvalue weighted by molar-refractivity contribution is 7.86. The minimum absolute atomic E-state index is 0.0713. The summed E-state index contributed by atoms with van der Waals surface area (Å²) >= 11 is 0. The van der Waals surface area contributed by atoms with Gasteiger partial charge in [0.25, 0.3) is 0 Å². The molecule has 3 heteroatoms. The lowest BCUT2D eigenvalue weighted by molar-refractivity contribution is 0.0906. The first kappa shape index (κ1) is 14.6. The van der Waals surface area contributed by atoms with Gasteiger partial charge >= 0.3 is 0 Å². The van der Waals surface area contributed by atoms with E-state index in [9.17, 15) is 9.00 Å². The Morgan fingerprint density at radius 3 is 2.42 bits per heavy atom. The Kier molecular flexibility index (Phi) is 3.27. The molecule has 2 aromatic carbocycles. The largest absolute Gasteiger partial charge is 0.294 e. The summed E-state index contributed by atoms with van der Waals surface area (Å²) < 4.78 is 12.2. The highest BCUT2D eigenvalue weighted by atomic mass is 32.2. The van der Waals surface area contributed by atoms with Crippen LogP contribution < -0.4 is 0 Å². The van der Waals surface area contributed by atoms with Crippen molar-refractivity contribution in [2.45, 2.75) is 42.6 Å². The Labute approximate surface area is 144 Å². The van der Waals surface area contributed by atoms with E-state index in [0.717, 1.165) is 37.7 Å². The predicted molar refractivity (Wildman–Crippen MR) is 96.7 cm³/mol. The molecular weight excluding hydrogens is 316 g/mol. The van der Waals surface area contributed by atoms with Crippen molar-refractivity contribution in [3.8, 4) is 11.1 Å². The summed E-state index contributed by atoms with van der Waals surface area (Å²) in [4.78, 5) is 13.0. The lowest BCUT2D eigenvalue weighted by atomic mass is 9.89. The molecular formula is C21H20O2S. The van der Waals surface area contributed by atoms with Crippen LogP contribution in [-0.4, -0.2) is 20.5 Å². The molecule has 0 aromatic heterocycles. The second kappa shape index (κ2) is 5.38. The Morgan fingerprint density at radius 2 is 1.62 bits per heavy atom. The van der Waals surface area contributed by atoms with Crippen LogP contribution in [0.15, 0.2) is 42.5 Å². The number of Topliss-reactive ketones (excluding diaryl/α,β-unsaturated/α-hetero) is 1. The van der Waals surface area contributed by atoms with Crippen LogP contribution in [0.4, 0.5) is 0 Å². The van der Waals surface area contributed by atoms with Crippen molar-refractivity contribution >= 4 is 16.6 Å². The van der Waals surface area contributed by atoms with E-state index in [-0.39, 0.29) is 22.2 Å². The Hall–Kier alpha value is -1.74. The molecule has 0 N–H and O–H groups in total. The summed E-state index contributed by atoms with van der Waals surface area (Å²) in [6.07, 6.45) is 4.65. The molecule has 3 aliphatic rings. The average Bonchev–Trinajstić information content (AvgIpc) is 3.04. The molecule has 0 spiro atoms. The van der Waals surface area contributed by atoms with Gasteiger partial charge in [-0.15, -0.1) is 0 Å². The molecule has 2 fully saturated rings. The van der Waals surface area contributed by atoms with Gasteiger partial charge in [0, 0.05) is 32.8 Å². The molecule has 2 saturated heterocycles. The molecule has 2 bridgehead atoms. The second-order valence-corrected chi connectivity index (χ2v) is 9.38. The normalized spacial score (nSPS) is 30.0. The summed E-state index contributed by atoms with van der Waals surface area (Å²) in [5.74, 6) is 0.337. The van der Waals surface area contributed by atoms with Crippen LogP contribution in [0.25, 0.3) is 11.1 Å². The second-order valence-electron chi connectivity index (χ2n) is 7.39. The van der Waals surface area contributed by atoms with Crippen LogP contribution in [0.2, 0.25) is 0 Å². The number of carbonyl (C=O) groups excluding carboxylic acids is 1. The molecule has 24 heavy (non-hydrogen) atoms. The Balaban J connectivity index is 1.44. The number of benzene rings is 2. The van der Waals surface area contributed by atoms with E-state index in [1.807, 2.05) is 6.07 Å². The first-order valence-electron chi connectivity index (χ1n) is 8.85. The van der Waals surface area contributed by atoms with Crippen molar-refractivity contribution in [1.82, 2.24) is 0 Å². The molecule has 0 saturated carbocycles. The number of carbonyl (C=O) groups is 1. The van der Waals surface area contributed by atoms with Gasteiger partial charge in [0.1, 0.15) is 0 Å². The third kappa shape index (κ3) is 2.14. The average molecular weight is 336 g/mol. The lowest BCUT2D eigenvalue weighted by Crippen LogP contribution is -2.32. The van der Waals surface area contributed by atoms with Crippen molar-refractivity contribution < 1.29 is 9.00 Å². The van der Waals surface area contributed by atoms with Gasteiger partial charge in [0.15, 0.2) is 5.78 Å². The van der Waals surface area contributed by atoms with Gasteiger partial charge in [-0.1, -0.05) is 36.4 Å². The topological polar surface area (TPSA) is 34.1 Å². The van der Waals surface area contributed by atoms with Crippen molar-refractivity contribution in [3.63, 3.8) is 0 Å². The number of fused-ring (bicyclic) bond motifs is 5. The molecule has 1 aliphatic carbocycles. The van der Waals surface area contributed by atoms with Crippen molar-refractivity contribution in [3.05, 3.63) is 59.2 Å². The molecule has 0 radical (unpaired) electrons. The molecule has 2 heterocycles. The third-order valence-corrected chi connectivity index (χ3v) is 8.18. The monoisotopic (exact) mass is 336 g/mol. The van der Waals surface area contributed by atoms with Gasteiger partial charge in [-0.3, -0.25) is 9.00 Å². The van der Waals surface area contributed by atoms with Gasteiger partial charge in [-0.2, -0.15) is 0 Å². The van der Waals surface area contributed by atoms with E-state index in [0.29, 0.717) is 0 Å². The summed E-state index contributed by atoms with van der Waals surface area (Å²) in [5, 5.41) is 0.521. The molecule has 5 rings (SSSR count). The molecule has 0 amide bonds. The Morgan fingerprint density at radius 1 is 0.917 bits per heavy atom. The zero-order valence-corrected chi connectivity index (χ0v) is 14.4. The minimum Gasteiger partial charge on any atom is -0.294 e. The predicted octanol–water partition coefficient (Wildman–Crippen LogP) is 4.13. The highest BCUT2D eigenvalue weighted by Gasteiger charge is 2.42. The molecule has 2 aliphatic heterocycles. The molecule has 2 nitrogen and oxygen atoms in total. The maximum atomic E-state index is 13.0. The SMILES string of the molecule is O=C(c1ccc2c(c1)Cc1ccccc1-2)C1CC2CCC(C1)S2=O. The fraction of sp³-hybridized carbons (Fsp3) is 0.381. The van der Waals surface area contributed by atoms with Crippen LogP contribution in [0.3, 0.4) is 0 Å². The van der Waals surface area contributed by atoms with E-state index in [2.05, 4.69) is 36.4 Å². The smallest absolute Gasteiger partial charge is 0.166 e. The van der Waals surface area contributed by atoms with Crippen LogP contribution in [-0.2, 0) is 17.2 Å². The molecule has 2 aromatic rings. The number of hydrogen-bond acceptors (Lipinski definition) is 2. The Bertz CT molecular complexity index is 854. The third-order valence-electron chi connectivity index (χ3n) is 6.01. The van der Waals surface area contributed by atoms with Crippen molar-refractivity contribution in [2.75, 3.05) is 0 Å². The number of rotatable bonds is 2. The van der Waals surface area contributed by atoms with Crippen molar-refractivity contribution in [2.24, 2.45) is 5.92 Å². The summed E-state index contributed by atoms with van der Waals surface area (Å²) in [6, 6.07) is 14.7. The summed E-state index contributed by atoms with van der Waals surface area (Å²) in [7, 11) is -0.691. The van der Waals surface area contributed by atoms with Gasteiger partial charge < -0.3 is 0 Å². The van der Waals surface area contributed by atoms with E-state index in [1.165, 1.54) is 22.3 Å². The first-order chi connectivity index (χ1) is 11.7. The minimum atomic E-state index is -0.691. The quantitative estimate of drug-likeness (QED) is 0.659. The van der Waals surface area contributed by atoms with E-state index in [1.54, 1.807) is 0 Å². The van der Waals surface area contributed by atoms with Crippen LogP contribution in [0.5, 0.6) is 0 Å². The first-order valence-corrected chi connectivity index (χ1v) is 10.1. The van der Waals surface area contributed by atoms with Crippen LogP contribution in [0.1, 0.15) is 47.2 Å². The van der Waals surface area contributed by atoms with Gasteiger partial charge in [0.2, 0.25) is 0 Å². The van der Waals surface area contributed by atoms with E-state index >= 15 is 0 Å². The maximum Gasteiger partial charge on any atom is 0.166 e.